The van der Waals surface area contributed by atoms with Gasteiger partial charge in [0.15, 0.2) is 12.4 Å². The van der Waals surface area contributed by atoms with Crippen molar-refractivity contribution < 1.29 is 23.2 Å². The maximum atomic E-state index is 12.4. The maximum Gasteiger partial charge on any atom is 0.289 e. The molecule has 0 N–H and O–H groups in total. The fourth-order valence-corrected chi connectivity index (χ4v) is 4.00. The predicted octanol–water partition coefficient (Wildman–Crippen LogP) is 1.83. The van der Waals surface area contributed by atoms with Crippen LogP contribution in [0.1, 0.15) is 36.1 Å². The molecule has 0 atom stereocenters. The molecule has 2 aliphatic rings. The van der Waals surface area contributed by atoms with Crippen molar-refractivity contribution >= 4 is 11.8 Å². The molecule has 0 aromatic carbocycles. The number of hydrogen-bond donors (Lipinski definition) is 0. The van der Waals surface area contributed by atoms with E-state index in [4.69, 9.17) is 13.6 Å². The van der Waals surface area contributed by atoms with E-state index in [0.717, 1.165) is 25.9 Å². The van der Waals surface area contributed by atoms with Gasteiger partial charge >= 0.3 is 0 Å². The van der Waals surface area contributed by atoms with E-state index in [1.54, 1.807) is 21.9 Å². The second kappa shape index (κ2) is 10.0. The fourth-order valence-electron chi connectivity index (χ4n) is 4.00. The van der Waals surface area contributed by atoms with Crippen molar-refractivity contribution in [2.45, 2.75) is 26.3 Å². The lowest BCUT2D eigenvalue weighted by Crippen LogP contribution is -2.48. The largest absolute Gasteiger partial charge is 0.477 e. The van der Waals surface area contributed by atoms with Gasteiger partial charge in [0.1, 0.15) is 12.0 Å². The summed E-state index contributed by atoms with van der Waals surface area (Å²) in [6, 6.07) is 4.76. The minimum absolute atomic E-state index is 0.0429. The predicted molar refractivity (Wildman–Crippen MR) is 115 cm³/mol. The molecule has 2 aromatic rings. The molecule has 32 heavy (non-hydrogen) atoms. The number of carbonyl (C=O) groups excluding carboxylic acids is 2. The van der Waals surface area contributed by atoms with Gasteiger partial charge in [0.05, 0.1) is 12.8 Å². The number of furan rings is 1. The first-order valence-electron chi connectivity index (χ1n) is 11.1. The molecule has 2 aliphatic heterocycles. The summed E-state index contributed by atoms with van der Waals surface area (Å²) in [5.74, 6) is 1.32. The standard InChI is InChI=1S/C23H29N3O6/c1-17-4-6-25(7-5-17)22(28)16-32-21-15-31-18(13-19(21)27)14-24-8-10-26(11-9-24)23(29)20-3-2-12-30-20/h2-3,12-13,15,17H,4-11,14,16H2,1H3. The molecular formula is C23H29N3O6. The number of piperidine rings is 1. The Morgan fingerprint density at radius 3 is 2.47 bits per heavy atom. The first-order chi connectivity index (χ1) is 15.5. The van der Waals surface area contributed by atoms with Crippen LogP contribution in [0.2, 0.25) is 0 Å². The molecule has 2 saturated heterocycles. The Labute approximate surface area is 186 Å². The average molecular weight is 444 g/mol. The number of carbonyl (C=O) groups is 2. The Morgan fingerprint density at radius 1 is 1.06 bits per heavy atom. The highest BCUT2D eigenvalue weighted by Crippen LogP contribution is 2.17. The molecule has 0 aliphatic carbocycles. The molecule has 4 rings (SSSR count). The number of likely N-dealkylation sites (tertiary alicyclic amines) is 1. The minimum Gasteiger partial charge on any atom is -0.477 e. The highest BCUT2D eigenvalue weighted by molar-refractivity contribution is 5.91. The van der Waals surface area contributed by atoms with Crippen LogP contribution in [0.5, 0.6) is 5.75 Å². The highest BCUT2D eigenvalue weighted by atomic mass is 16.5. The molecule has 0 bridgehead atoms. The van der Waals surface area contributed by atoms with Crippen molar-refractivity contribution in [3.05, 3.63) is 52.5 Å². The van der Waals surface area contributed by atoms with Crippen molar-refractivity contribution in [2.75, 3.05) is 45.9 Å². The first-order valence-corrected chi connectivity index (χ1v) is 11.1. The van der Waals surface area contributed by atoms with Gasteiger partial charge in [-0.2, -0.15) is 0 Å². The molecule has 9 heteroatoms. The van der Waals surface area contributed by atoms with E-state index in [-0.39, 0.29) is 29.6 Å². The zero-order chi connectivity index (χ0) is 22.5. The number of amides is 2. The van der Waals surface area contributed by atoms with Crippen molar-refractivity contribution in [3.8, 4) is 5.75 Å². The van der Waals surface area contributed by atoms with Crippen LogP contribution in [0.3, 0.4) is 0 Å². The Balaban J connectivity index is 1.24. The van der Waals surface area contributed by atoms with Crippen molar-refractivity contribution in [1.82, 2.24) is 14.7 Å². The molecule has 2 aromatic heterocycles. The minimum atomic E-state index is -0.307. The lowest BCUT2D eigenvalue weighted by Gasteiger charge is -2.33. The van der Waals surface area contributed by atoms with Crippen molar-refractivity contribution in [2.24, 2.45) is 5.92 Å². The summed E-state index contributed by atoms with van der Waals surface area (Å²) in [7, 11) is 0. The van der Waals surface area contributed by atoms with Crippen LogP contribution in [0, 0.1) is 5.92 Å². The van der Waals surface area contributed by atoms with Gasteiger partial charge in [-0.05, 0) is 30.9 Å². The third-order valence-corrected chi connectivity index (χ3v) is 6.11. The molecule has 0 radical (unpaired) electrons. The highest BCUT2D eigenvalue weighted by Gasteiger charge is 2.24. The van der Waals surface area contributed by atoms with Crippen LogP contribution in [0.15, 0.2) is 44.4 Å². The Hall–Kier alpha value is -3.07. The van der Waals surface area contributed by atoms with Gasteiger partial charge in [0, 0.05) is 45.3 Å². The molecular weight excluding hydrogens is 414 g/mol. The van der Waals surface area contributed by atoms with E-state index >= 15 is 0 Å². The van der Waals surface area contributed by atoms with Gasteiger partial charge in [0.25, 0.3) is 11.8 Å². The van der Waals surface area contributed by atoms with Gasteiger partial charge < -0.3 is 23.4 Å². The SMILES string of the molecule is CC1CCN(C(=O)COc2coc(CN3CCN(C(=O)c4ccco4)CC3)cc2=O)CC1. The second-order valence-electron chi connectivity index (χ2n) is 8.47. The number of rotatable bonds is 6. The summed E-state index contributed by atoms with van der Waals surface area (Å²) in [4.78, 5) is 42.7. The lowest BCUT2D eigenvalue weighted by atomic mass is 9.99. The molecule has 9 nitrogen and oxygen atoms in total. The molecule has 172 valence electrons. The van der Waals surface area contributed by atoms with E-state index in [0.29, 0.717) is 50.2 Å². The van der Waals surface area contributed by atoms with Crippen molar-refractivity contribution in [3.63, 3.8) is 0 Å². The van der Waals surface area contributed by atoms with E-state index in [9.17, 15) is 14.4 Å². The normalized spacial score (nSPS) is 18.0. The number of hydrogen-bond acceptors (Lipinski definition) is 7. The molecule has 4 heterocycles. The maximum absolute atomic E-state index is 12.4. The van der Waals surface area contributed by atoms with Crippen LogP contribution in [0.4, 0.5) is 0 Å². The third kappa shape index (κ3) is 5.40. The van der Waals surface area contributed by atoms with Gasteiger partial charge in [-0.1, -0.05) is 6.92 Å². The summed E-state index contributed by atoms with van der Waals surface area (Å²) in [5, 5.41) is 0. The second-order valence-corrected chi connectivity index (χ2v) is 8.47. The quantitative estimate of drug-likeness (QED) is 0.672. The molecule has 0 spiro atoms. The third-order valence-electron chi connectivity index (χ3n) is 6.11. The summed E-state index contributed by atoms with van der Waals surface area (Å²) >= 11 is 0. The summed E-state index contributed by atoms with van der Waals surface area (Å²) < 4.78 is 16.2. The monoisotopic (exact) mass is 443 g/mol. The van der Waals surface area contributed by atoms with E-state index in [1.165, 1.54) is 18.6 Å². The zero-order valence-electron chi connectivity index (χ0n) is 18.3. The molecule has 0 saturated carbocycles. The van der Waals surface area contributed by atoms with Crippen LogP contribution >= 0.6 is 0 Å². The summed E-state index contributed by atoms with van der Waals surface area (Å²) in [6.45, 7) is 6.42. The van der Waals surface area contributed by atoms with Crippen LogP contribution < -0.4 is 10.2 Å². The Bertz CT molecular complexity index is 970. The van der Waals surface area contributed by atoms with Crippen LogP contribution in [-0.4, -0.2) is 72.4 Å². The number of piperazine rings is 1. The summed E-state index contributed by atoms with van der Waals surface area (Å²) in [5.41, 5.74) is -0.307. The van der Waals surface area contributed by atoms with Gasteiger partial charge in [-0.25, -0.2) is 0 Å². The topological polar surface area (TPSA) is 96.4 Å². The molecule has 2 fully saturated rings. The van der Waals surface area contributed by atoms with Crippen LogP contribution in [-0.2, 0) is 11.3 Å². The smallest absolute Gasteiger partial charge is 0.289 e. The first kappa shape index (κ1) is 22.1. The number of ether oxygens (including phenoxy) is 1. The zero-order valence-corrected chi connectivity index (χ0v) is 18.3. The van der Waals surface area contributed by atoms with E-state index in [2.05, 4.69) is 11.8 Å². The van der Waals surface area contributed by atoms with Gasteiger partial charge in [0.2, 0.25) is 11.2 Å². The van der Waals surface area contributed by atoms with Crippen molar-refractivity contribution in [1.29, 1.82) is 0 Å². The summed E-state index contributed by atoms with van der Waals surface area (Å²) in [6.07, 6.45) is 4.75. The lowest BCUT2D eigenvalue weighted by molar-refractivity contribution is -0.134. The van der Waals surface area contributed by atoms with Crippen LogP contribution in [0.25, 0.3) is 0 Å². The average Bonchev–Trinajstić information content (AvgIpc) is 3.34. The van der Waals surface area contributed by atoms with Gasteiger partial charge in [-0.3, -0.25) is 19.3 Å². The molecule has 0 unspecified atom stereocenters. The fraction of sp³-hybridized carbons (Fsp3) is 0.522. The van der Waals surface area contributed by atoms with Gasteiger partial charge in [-0.15, -0.1) is 0 Å². The number of nitrogens with zero attached hydrogens (tertiary/aromatic N) is 3. The Kier molecular flexibility index (Phi) is 6.94. The Morgan fingerprint density at radius 2 is 1.81 bits per heavy atom. The van der Waals surface area contributed by atoms with E-state index in [1.807, 2.05) is 0 Å². The van der Waals surface area contributed by atoms with E-state index < -0.39 is 0 Å². The molecule has 2 amide bonds.